The average Bonchev–Trinajstić information content (AvgIpc) is 2.43. The Kier molecular flexibility index (Phi) is 5.66. The molecule has 0 aromatic heterocycles. The summed E-state index contributed by atoms with van der Waals surface area (Å²) < 4.78 is 29.8. The van der Waals surface area contributed by atoms with Crippen LogP contribution in [0.1, 0.15) is 22.3 Å². The lowest BCUT2D eigenvalue weighted by Gasteiger charge is -2.06. The van der Waals surface area contributed by atoms with Crippen LogP contribution in [0.3, 0.4) is 0 Å². The molecular weight excluding hydrogens is 286 g/mol. The van der Waals surface area contributed by atoms with Crippen molar-refractivity contribution in [2.45, 2.75) is 13.0 Å². The summed E-state index contributed by atoms with van der Waals surface area (Å²) in [4.78, 5) is 21.5. The van der Waals surface area contributed by atoms with Crippen LogP contribution >= 0.6 is 0 Å². The van der Waals surface area contributed by atoms with Gasteiger partial charge in [-0.1, -0.05) is 12.1 Å². The predicted octanol–water partition coefficient (Wildman–Crippen LogP) is 0.367. The molecule has 20 heavy (non-hydrogen) atoms. The molecule has 0 amide bonds. The van der Waals surface area contributed by atoms with Crippen molar-refractivity contribution in [3.63, 3.8) is 0 Å². The van der Waals surface area contributed by atoms with E-state index >= 15 is 0 Å². The minimum absolute atomic E-state index is 0.0312. The fourth-order valence-corrected chi connectivity index (χ4v) is 2.34. The number of carboxylic acid groups (broad SMARTS) is 1. The number of rotatable bonds is 7. The summed E-state index contributed by atoms with van der Waals surface area (Å²) in [6, 6.07) is 6.22. The standard InChI is InChI=1S/C12H15NO6S/c1-19-12(16)10-4-2-9(3-5-10)8-13-20(17,18)7-6-11(14)15/h2-5,13H,6-8H2,1H3,(H,14,15). The fourth-order valence-electron chi connectivity index (χ4n) is 1.36. The lowest BCUT2D eigenvalue weighted by atomic mass is 10.1. The second kappa shape index (κ2) is 7.01. The molecule has 8 heteroatoms. The Labute approximate surface area is 116 Å². The molecule has 0 heterocycles. The summed E-state index contributed by atoms with van der Waals surface area (Å²) in [6.07, 6.45) is -0.448. The molecule has 2 N–H and O–H groups in total. The fraction of sp³-hybridized carbons (Fsp3) is 0.333. The Balaban J connectivity index is 2.57. The number of aliphatic carboxylic acids is 1. The zero-order chi connectivity index (χ0) is 15.2. The van der Waals surface area contributed by atoms with E-state index in [1.54, 1.807) is 12.1 Å². The quantitative estimate of drug-likeness (QED) is 0.704. The SMILES string of the molecule is COC(=O)c1ccc(CNS(=O)(=O)CCC(=O)O)cc1. The van der Waals surface area contributed by atoms with Gasteiger partial charge in [-0.05, 0) is 17.7 Å². The normalized spacial score (nSPS) is 11.1. The van der Waals surface area contributed by atoms with Crippen molar-refractivity contribution in [2.24, 2.45) is 0 Å². The monoisotopic (exact) mass is 301 g/mol. The summed E-state index contributed by atoms with van der Waals surface area (Å²) in [5.41, 5.74) is 1.02. The van der Waals surface area contributed by atoms with Gasteiger partial charge in [-0.2, -0.15) is 0 Å². The first kappa shape index (κ1) is 16.1. The summed E-state index contributed by atoms with van der Waals surface area (Å²) >= 11 is 0. The molecule has 1 rings (SSSR count). The van der Waals surface area contributed by atoms with Crippen LogP contribution in [-0.2, 0) is 26.1 Å². The molecule has 0 saturated heterocycles. The van der Waals surface area contributed by atoms with Gasteiger partial charge in [0.05, 0.1) is 24.8 Å². The molecule has 0 radical (unpaired) electrons. The maximum Gasteiger partial charge on any atom is 0.337 e. The number of hydrogen-bond acceptors (Lipinski definition) is 5. The van der Waals surface area contributed by atoms with Gasteiger partial charge in [0, 0.05) is 6.54 Å². The van der Waals surface area contributed by atoms with Gasteiger partial charge in [0.25, 0.3) is 0 Å². The van der Waals surface area contributed by atoms with E-state index in [-0.39, 0.29) is 6.54 Å². The number of nitrogens with one attached hydrogen (secondary N) is 1. The highest BCUT2D eigenvalue weighted by Crippen LogP contribution is 2.06. The molecule has 0 aliphatic heterocycles. The summed E-state index contributed by atoms with van der Waals surface area (Å²) in [6.45, 7) is 0.0312. The molecule has 1 aromatic carbocycles. The van der Waals surface area contributed by atoms with Crippen molar-refractivity contribution in [1.29, 1.82) is 0 Å². The number of sulfonamides is 1. The van der Waals surface area contributed by atoms with Crippen molar-refractivity contribution >= 4 is 22.0 Å². The Bertz CT molecular complexity index is 578. The first-order valence-corrected chi connectivity index (χ1v) is 7.35. The second-order valence-electron chi connectivity index (χ2n) is 3.97. The lowest BCUT2D eigenvalue weighted by Crippen LogP contribution is -2.27. The van der Waals surface area contributed by atoms with E-state index in [0.29, 0.717) is 11.1 Å². The summed E-state index contributed by atoms with van der Waals surface area (Å²) in [7, 11) is -2.36. The number of benzene rings is 1. The van der Waals surface area contributed by atoms with E-state index in [0.717, 1.165) is 0 Å². The van der Waals surface area contributed by atoms with Crippen molar-refractivity contribution in [1.82, 2.24) is 4.72 Å². The Morgan fingerprint density at radius 1 is 1.25 bits per heavy atom. The number of methoxy groups -OCH3 is 1. The molecule has 0 fully saturated rings. The first-order chi connectivity index (χ1) is 9.34. The minimum atomic E-state index is -3.63. The minimum Gasteiger partial charge on any atom is -0.481 e. The highest BCUT2D eigenvalue weighted by molar-refractivity contribution is 7.89. The number of carbonyl (C=O) groups is 2. The van der Waals surface area contributed by atoms with E-state index in [2.05, 4.69) is 9.46 Å². The summed E-state index contributed by atoms with van der Waals surface area (Å²) in [5, 5.41) is 8.43. The van der Waals surface area contributed by atoms with E-state index in [1.165, 1.54) is 19.2 Å². The van der Waals surface area contributed by atoms with Crippen molar-refractivity contribution in [2.75, 3.05) is 12.9 Å². The first-order valence-electron chi connectivity index (χ1n) is 5.70. The molecule has 0 atom stereocenters. The maximum atomic E-state index is 11.5. The van der Waals surface area contributed by atoms with Gasteiger partial charge in [0.2, 0.25) is 10.0 Å². The number of hydrogen-bond donors (Lipinski definition) is 2. The molecule has 0 bridgehead atoms. The number of ether oxygens (including phenoxy) is 1. The van der Waals surface area contributed by atoms with Crippen LogP contribution in [0.4, 0.5) is 0 Å². The second-order valence-corrected chi connectivity index (χ2v) is 5.90. The van der Waals surface area contributed by atoms with Gasteiger partial charge in [-0.25, -0.2) is 17.9 Å². The number of carbonyl (C=O) groups excluding carboxylic acids is 1. The molecule has 110 valence electrons. The molecular formula is C12H15NO6S. The Morgan fingerprint density at radius 2 is 1.85 bits per heavy atom. The molecule has 0 aliphatic carbocycles. The van der Waals surface area contributed by atoms with Crippen LogP contribution < -0.4 is 4.72 Å². The van der Waals surface area contributed by atoms with E-state index in [9.17, 15) is 18.0 Å². The molecule has 0 aliphatic rings. The number of esters is 1. The summed E-state index contributed by atoms with van der Waals surface area (Å²) in [5.74, 6) is -2.11. The third-order valence-corrected chi connectivity index (χ3v) is 3.78. The number of carboxylic acids is 1. The van der Waals surface area contributed by atoms with Crippen LogP contribution in [0.2, 0.25) is 0 Å². The van der Waals surface area contributed by atoms with Gasteiger partial charge in [0.1, 0.15) is 0 Å². The average molecular weight is 301 g/mol. The highest BCUT2D eigenvalue weighted by atomic mass is 32.2. The predicted molar refractivity (Wildman–Crippen MR) is 70.7 cm³/mol. The van der Waals surface area contributed by atoms with Crippen molar-refractivity contribution in [3.8, 4) is 0 Å². The molecule has 7 nitrogen and oxygen atoms in total. The van der Waals surface area contributed by atoms with Crippen molar-refractivity contribution in [3.05, 3.63) is 35.4 Å². The zero-order valence-electron chi connectivity index (χ0n) is 10.8. The van der Waals surface area contributed by atoms with Crippen LogP contribution in [0.25, 0.3) is 0 Å². The van der Waals surface area contributed by atoms with Gasteiger partial charge in [-0.15, -0.1) is 0 Å². The van der Waals surface area contributed by atoms with Crippen LogP contribution in [-0.4, -0.2) is 38.3 Å². The van der Waals surface area contributed by atoms with Gasteiger partial charge in [-0.3, -0.25) is 4.79 Å². The van der Waals surface area contributed by atoms with Crippen molar-refractivity contribution < 1.29 is 27.9 Å². The smallest absolute Gasteiger partial charge is 0.337 e. The van der Waals surface area contributed by atoms with Gasteiger partial charge in [0.15, 0.2) is 0 Å². The van der Waals surface area contributed by atoms with E-state index in [4.69, 9.17) is 5.11 Å². The largest absolute Gasteiger partial charge is 0.481 e. The van der Waals surface area contributed by atoms with Crippen LogP contribution in [0.15, 0.2) is 24.3 Å². The molecule has 0 spiro atoms. The Morgan fingerprint density at radius 3 is 2.35 bits per heavy atom. The third kappa shape index (κ3) is 5.37. The molecule has 1 aromatic rings. The van der Waals surface area contributed by atoms with Crippen LogP contribution in [0.5, 0.6) is 0 Å². The van der Waals surface area contributed by atoms with Crippen LogP contribution in [0, 0.1) is 0 Å². The third-order valence-electron chi connectivity index (χ3n) is 2.46. The van der Waals surface area contributed by atoms with Gasteiger partial charge < -0.3 is 9.84 Å². The topological polar surface area (TPSA) is 110 Å². The molecule has 0 saturated carbocycles. The Hall–Kier alpha value is -1.93. The van der Waals surface area contributed by atoms with E-state index in [1.807, 2.05) is 0 Å². The molecule has 0 unspecified atom stereocenters. The van der Waals surface area contributed by atoms with E-state index < -0.39 is 34.1 Å². The maximum absolute atomic E-state index is 11.5. The highest BCUT2D eigenvalue weighted by Gasteiger charge is 2.12. The lowest BCUT2D eigenvalue weighted by molar-refractivity contribution is -0.136. The zero-order valence-corrected chi connectivity index (χ0v) is 11.6. The van der Waals surface area contributed by atoms with Gasteiger partial charge >= 0.3 is 11.9 Å².